The molecule has 0 unspecified atom stereocenters. The minimum absolute atomic E-state index is 0.0210. The molecule has 5 heteroatoms. The van der Waals surface area contributed by atoms with Gasteiger partial charge in [-0.2, -0.15) is 0 Å². The van der Waals surface area contributed by atoms with Crippen molar-refractivity contribution in [1.82, 2.24) is 9.55 Å². The summed E-state index contributed by atoms with van der Waals surface area (Å²) < 4.78 is 9.12. The smallest absolute Gasteiger partial charge is 0.137 e. The van der Waals surface area contributed by atoms with Crippen molar-refractivity contribution in [1.29, 1.82) is 0 Å². The lowest BCUT2D eigenvalue weighted by Gasteiger charge is -2.29. The summed E-state index contributed by atoms with van der Waals surface area (Å²) in [7, 11) is 0. The number of aromatic nitrogens is 2. The number of fused-ring (bicyclic) bond motifs is 4. The van der Waals surface area contributed by atoms with Gasteiger partial charge in [-0.15, -0.1) is 0 Å². The van der Waals surface area contributed by atoms with E-state index in [0.29, 0.717) is 6.67 Å². The second kappa shape index (κ2) is 14.9. The first-order valence-electron chi connectivity index (χ1n) is 22.1. The first-order valence-corrected chi connectivity index (χ1v) is 22.1. The third-order valence-corrected chi connectivity index (χ3v) is 12.9. The number of anilines is 4. The maximum Gasteiger partial charge on any atom is 0.137 e. The van der Waals surface area contributed by atoms with Gasteiger partial charge >= 0.3 is 0 Å². The Labute approximate surface area is 368 Å². The summed E-state index contributed by atoms with van der Waals surface area (Å²) in [6.45, 7) is 25.9. The number of benzene rings is 6. The van der Waals surface area contributed by atoms with E-state index < -0.39 is 0 Å². The lowest BCUT2D eigenvalue weighted by molar-refractivity contribution is 0.483. The number of nitrogens with zero attached hydrogens (tertiary/aromatic N) is 4. The molecule has 3 heterocycles. The molecule has 0 spiro atoms. The SMILES string of the molecule is CC(C)(C)c1cc(N2CN(c3cccc(Oc4ccc5c6cc(C(C)(C)c7ccccc7)ccc6n(-c6cc(C(C)(C)C)ccn6)c5c4)c3)c3ccccc32)cc(C(C)(C)C)c1. The Balaban J connectivity index is 1.10. The highest BCUT2D eigenvalue weighted by Gasteiger charge is 2.31. The molecule has 0 radical (unpaired) electrons. The van der Waals surface area contributed by atoms with Crippen molar-refractivity contribution < 1.29 is 4.74 Å². The molecular formula is C57H60N4O. The molecule has 0 saturated carbocycles. The summed E-state index contributed by atoms with van der Waals surface area (Å²) in [6.07, 6.45) is 1.94. The van der Waals surface area contributed by atoms with Crippen LogP contribution in [0.5, 0.6) is 11.5 Å². The summed E-state index contributed by atoms with van der Waals surface area (Å²) >= 11 is 0. The fraction of sp³-hybridized carbons (Fsp3) is 0.281. The number of para-hydroxylation sites is 2. The van der Waals surface area contributed by atoms with Gasteiger partial charge in [0.25, 0.3) is 0 Å². The van der Waals surface area contributed by atoms with Gasteiger partial charge < -0.3 is 14.5 Å². The van der Waals surface area contributed by atoms with E-state index >= 15 is 0 Å². The first-order chi connectivity index (χ1) is 29.4. The molecule has 1 aliphatic heterocycles. The Morgan fingerprint density at radius 3 is 1.73 bits per heavy atom. The molecule has 0 N–H and O–H groups in total. The standard InChI is InChI=1S/C57H60N4O/c1-54(2,3)39-28-29-58-53(34-39)61-49-27-24-40(57(10,11)38-18-13-12-14-19-38)33-48(49)47-26-25-46(36-52(47)61)62-45-21-17-20-43(35-45)59-37-60(51-23-16-15-22-50(51)59)44-31-41(55(4,5)6)30-42(32-44)56(7,8)9/h12-36H,37H2,1-11H3. The van der Waals surface area contributed by atoms with E-state index in [1.165, 1.54) is 50.3 Å². The monoisotopic (exact) mass is 816 g/mol. The highest BCUT2D eigenvalue weighted by molar-refractivity contribution is 6.10. The fourth-order valence-electron chi connectivity index (χ4n) is 8.87. The van der Waals surface area contributed by atoms with Gasteiger partial charge in [-0.1, -0.05) is 137 Å². The molecule has 6 aromatic carbocycles. The summed E-state index contributed by atoms with van der Waals surface area (Å²) in [5.41, 5.74) is 13.1. The Hall–Kier alpha value is -6.33. The normalized spacial score (nSPS) is 13.6. The third kappa shape index (κ3) is 7.52. The predicted molar refractivity (Wildman–Crippen MR) is 262 cm³/mol. The highest BCUT2D eigenvalue weighted by atomic mass is 16.5. The molecule has 8 aromatic rings. The van der Waals surface area contributed by atoms with Gasteiger partial charge in [-0.3, -0.25) is 4.57 Å². The molecule has 0 aliphatic carbocycles. The van der Waals surface area contributed by atoms with Crippen molar-refractivity contribution in [2.75, 3.05) is 16.5 Å². The molecule has 0 amide bonds. The van der Waals surface area contributed by atoms with Crippen LogP contribution in [0, 0.1) is 0 Å². The van der Waals surface area contributed by atoms with E-state index in [2.05, 4.69) is 236 Å². The van der Waals surface area contributed by atoms with Crippen LogP contribution in [0.4, 0.5) is 22.7 Å². The first kappa shape index (κ1) is 41.0. The molecule has 5 nitrogen and oxygen atoms in total. The zero-order valence-corrected chi connectivity index (χ0v) is 38.3. The maximum absolute atomic E-state index is 6.82. The Kier molecular flexibility index (Phi) is 9.89. The van der Waals surface area contributed by atoms with E-state index in [1.54, 1.807) is 0 Å². The van der Waals surface area contributed by atoms with Crippen molar-refractivity contribution in [3.05, 3.63) is 180 Å². The van der Waals surface area contributed by atoms with Crippen LogP contribution in [0.15, 0.2) is 152 Å². The van der Waals surface area contributed by atoms with Crippen LogP contribution >= 0.6 is 0 Å². The van der Waals surface area contributed by atoms with Crippen LogP contribution < -0.4 is 14.5 Å². The third-order valence-electron chi connectivity index (χ3n) is 12.9. The van der Waals surface area contributed by atoms with Crippen LogP contribution in [0.2, 0.25) is 0 Å². The Bertz CT molecular complexity index is 2920. The fourth-order valence-corrected chi connectivity index (χ4v) is 8.87. The van der Waals surface area contributed by atoms with E-state index in [-0.39, 0.29) is 21.7 Å². The molecule has 1 aliphatic rings. The van der Waals surface area contributed by atoms with Crippen LogP contribution in [-0.2, 0) is 21.7 Å². The molecule has 0 saturated heterocycles. The Morgan fingerprint density at radius 1 is 0.435 bits per heavy atom. The maximum atomic E-state index is 6.82. The van der Waals surface area contributed by atoms with Crippen molar-refractivity contribution in [3.8, 4) is 17.3 Å². The van der Waals surface area contributed by atoms with Gasteiger partial charge in [-0.25, -0.2) is 4.98 Å². The molecule has 2 aromatic heterocycles. The highest BCUT2D eigenvalue weighted by Crippen LogP contribution is 2.47. The lowest BCUT2D eigenvalue weighted by Crippen LogP contribution is -2.25. The molecule has 314 valence electrons. The number of hydrogen-bond donors (Lipinski definition) is 0. The van der Waals surface area contributed by atoms with Gasteiger partial charge in [0, 0.05) is 45.9 Å². The van der Waals surface area contributed by atoms with E-state index in [4.69, 9.17) is 9.72 Å². The van der Waals surface area contributed by atoms with Crippen LogP contribution in [0.1, 0.15) is 104 Å². The summed E-state index contributed by atoms with van der Waals surface area (Å²) in [5.74, 6) is 2.45. The minimum atomic E-state index is -0.180. The average molecular weight is 817 g/mol. The molecule has 0 atom stereocenters. The van der Waals surface area contributed by atoms with Crippen LogP contribution in [0.25, 0.3) is 27.6 Å². The summed E-state index contributed by atoms with van der Waals surface area (Å²) in [5, 5.41) is 2.35. The molecule has 9 rings (SSSR count). The van der Waals surface area contributed by atoms with E-state index in [1.807, 2.05) is 6.20 Å². The van der Waals surface area contributed by atoms with E-state index in [0.717, 1.165) is 39.4 Å². The topological polar surface area (TPSA) is 33.5 Å². The number of rotatable bonds is 7. The average Bonchev–Trinajstić information content (AvgIpc) is 3.79. The largest absolute Gasteiger partial charge is 0.457 e. The van der Waals surface area contributed by atoms with Crippen molar-refractivity contribution in [3.63, 3.8) is 0 Å². The van der Waals surface area contributed by atoms with Crippen LogP contribution in [0.3, 0.4) is 0 Å². The summed E-state index contributed by atoms with van der Waals surface area (Å²) in [6, 6.07) is 53.0. The lowest BCUT2D eigenvalue weighted by atomic mass is 9.78. The Morgan fingerprint density at radius 2 is 1.06 bits per heavy atom. The van der Waals surface area contributed by atoms with Gasteiger partial charge in [0.1, 0.15) is 24.0 Å². The molecule has 0 bridgehead atoms. The van der Waals surface area contributed by atoms with Crippen molar-refractivity contribution in [2.45, 2.75) is 97.8 Å². The number of hydrogen-bond acceptors (Lipinski definition) is 4. The van der Waals surface area contributed by atoms with Crippen LogP contribution in [-0.4, -0.2) is 16.2 Å². The van der Waals surface area contributed by atoms with Crippen molar-refractivity contribution >= 4 is 44.6 Å². The zero-order valence-electron chi connectivity index (χ0n) is 38.3. The number of ether oxygens (including phenoxy) is 1. The van der Waals surface area contributed by atoms with E-state index in [9.17, 15) is 0 Å². The quantitative estimate of drug-likeness (QED) is 0.160. The zero-order chi connectivity index (χ0) is 43.8. The van der Waals surface area contributed by atoms with Gasteiger partial charge in [0.15, 0.2) is 0 Å². The molecule has 0 fully saturated rings. The van der Waals surface area contributed by atoms with Gasteiger partial charge in [-0.05, 0) is 117 Å². The van der Waals surface area contributed by atoms with Gasteiger partial charge in [0.2, 0.25) is 0 Å². The second-order valence-corrected chi connectivity index (χ2v) is 20.7. The summed E-state index contributed by atoms with van der Waals surface area (Å²) in [4.78, 5) is 9.82. The second-order valence-electron chi connectivity index (χ2n) is 20.7. The van der Waals surface area contributed by atoms with Crippen molar-refractivity contribution in [2.24, 2.45) is 0 Å². The van der Waals surface area contributed by atoms with Gasteiger partial charge in [0.05, 0.1) is 22.4 Å². The minimum Gasteiger partial charge on any atom is -0.457 e. The molecular weight excluding hydrogens is 757 g/mol. The number of pyridine rings is 1. The predicted octanol–water partition coefficient (Wildman–Crippen LogP) is 15.4. The molecule has 62 heavy (non-hydrogen) atoms.